The molecular formula is C19H20ClN3O6S2. The number of nitrogens with one attached hydrogen (secondary N) is 2. The van der Waals surface area contributed by atoms with Crippen LogP contribution in [0.15, 0.2) is 33.0 Å². The molecule has 2 heterocycles. The van der Waals surface area contributed by atoms with Crippen LogP contribution in [0.4, 0.5) is 11.6 Å². The second-order valence-electron chi connectivity index (χ2n) is 6.83. The minimum atomic E-state index is -4.20. The largest absolute Gasteiger partial charge is 0.393 e. The maximum Gasteiger partial charge on any atom is 0.267 e. The summed E-state index contributed by atoms with van der Waals surface area (Å²) in [5.41, 5.74) is 2.43. The average Bonchev–Trinajstić information content (AvgIpc) is 3.32. The van der Waals surface area contributed by atoms with Gasteiger partial charge in [0.05, 0.1) is 6.61 Å². The maximum atomic E-state index is 13.0. The number of aryl methyl sites for hydroxylation is 3. The Bertz CT molecular complexity index is 1240. The average molecular weight is 486 g/mol. The van der Waals surface area contributed by atoms with Gasteiger partial charge in [0.25, 0.3) is 21.8 Å². The number of benzene rings is 1. The molecule has 0 radical (unpaired) electrons. The lowest BCUT2D eigenvalue weighted by Gasteiger charge is -2.18. The molecule has 0 bridgehead atoms. The van der Waals surface area contributed by atoms with Crippen molar-refractivity contribution >= 4 is 50.4 Å². The van der Waals surface area contributed by atoms with Crippen LogP contribution in [-0.2, 0) is 10.0 Å². The Kier molecular flexibility index (Phi) is 6.72. The van der Waals surface area contributed by atoms with Gasteiger partial charge in [0.2, 0.25) is 0 Å². The molecule has 1 aromatic carbocycles. The van der Waals surface area contributed by atoms with Gasteiger partial charge >= 0.3 is 0 Å². The molecule has 0 aliphatic heterocycles. The zero-order valence-corrected chi connectivity index (χ0v) is 19.2. The number of amides is 1. The van der Waals surface area contributed by atoms with Gasteiger partial charge in [0.1, 0.15) is 26.6 Å². The third-order valence-electron chi connectivity index (χ3n) is 4.42. The summed E-state index contributed by atoms with van der Waals surface area (Å²) >= 11 is 6.90. The summed E-state index contributed by atoms with van der Waals surface area (Å²) < 4.78 is 32.7. The van der Waals surface area contributed by atoms with Crippen molar-refractivity contribution in [3.05, 3.63) is 55.9 Å². The van der Waals surface area contributed by atoms with E-state index in [0.29, 0.717) is 22.5 Å². The van der Waals surface area contributed by atoms with Crippen molar-refractivity contribution in [1.82, 2.24) is 5.16 Å². The molecule has 3 rings (SSSR count). The smallest absolute Gasteiger partial charge is 0.267 e. The number of carbonyl (C=O) groups is 1. The van der Waals surface area contributed by atoms with Crippen molar-refractivity contribution in [1.29, 1.82) is 0 Å². The Balaban J connectivity index is 1.94. The van der Waals surface area contributed by atoms with Gasteiger partial charge < -0.3 is 20.1 Å². The molecule has 2 aromatic heterocycles. The van der Waals surface area contributed by atoms with Crippen molar-refractivity contribution in [3.63, 3.8) is 0 Å². The molecule has 12 heteroatoms. The molecule has 0 saturated heterocycles. The van der Waals surface area contributed by atoms with Gasteiger partial charge in [-0.15, -0.1) is 11.3 Å². The first-order valence-electron chi connectivity index (χ1n) is 8.98. The van der Waals surface area contributed by atoms with Crippen molar-refractivity contribution in [2.75, 3.05) is 16.6 Å². The van der Waals surface area contributed by atoms with E-state index in [-0.39, 0.29) is 20.7 Å². The Hall–Kier alpha value is -2.44. The number of carbonyl (C=O) groups excluding carboxylic acids is 1. The van der Waals surface area contributed by atoms with E-state index in [9.17, 15) is 23.4 Å². The molecular weight excluding hydrogens is 466 g/mol. The van der Waals surface area contributed by atoms with E-state index in [1.165, 1.54) is 11.4 Å². The van der Waals surface area contributed by atoms with E-state index in [1.807, 2.05) is 6.92 Å². The van der Waals surface area contributed by atoms with Crippen LogP contribution in [0.2, 0.25) is 5.02 Å². The third kappa shape index (κ3) is 4.75. The Morgan fingerprint density at radius 3 is 2.65 bits per heavy atom. The number of nitrogens with zero attached hydrogens (tertiary/aromatic N) is 1. The van der Waals surface area contributed by atoms with Crippen molar-refractivity contribution in [2.45, 2.75) is 31.8 Å². The number of aliphatic hydroxyl groups excluding tert-OH is 2. The van der Waals surface area contributed by atoms with Crippen LogP contribution in [0.3, 0.4) is 0 Å². The second-order valence-corrected chi connectivity index (χ2v) is 9.77. The summed E-state index contributed by atoms with van der Waals surface area (Å²) in [7, 11) is -4.20. The summed E-state index contributed by atoms with van der Waals surface area (Å²) in [5.74, 6) is -0.937. The molecule has 0 saturated carbocycles. The molecule has 31 heavy (non-hydrogen) atoms. The fourth-order valence-electron chi connectivity index (χ4n) is 2.98. The lowest BCUT2D eigenvalue weighted by molar-refractivity contribution is 0.0955. The van der Waals surface area contributed by atoms with Crippen LogP contribution >= 0.6 is 22.9 Å². The van der Waals surface area contributed by atoms with E-state index in [0.717, 1.165) is 16.9 Å². The van der Waals surface area contributed by atoms with E-state index in [1.54, 1.807) is 26.0 Å². The minimum Gasteiger partial charge on any atom is -0.393 e. The maximum absolute atomic E-state index is 13.0. The molecule has 4 N–H and O–H groups in total. The SMILES string of the molecule is Cc1cc(C)c(NC(=O)c2sccc2S(=O)(=O)Nc2onc(C)c2Cl)c(C(O)CO)c1. The number of halogens is 1. The molecule has 0 aliphatic rings. The van der Waals surface area contributed by atoms with Gasteiger partial charge in [-0.2, -0.15) is 0 Å². The summed E-state index contributed by atoms with van der Waals surface area (Å²) in [6, 6.07) is 4.72. The van der Waals surface area contributed by atoms with Crippen LogP contribution in [0, 0.1) is 20.8 Å². The first-order valence-corrected chi connectivity index (χ1v) is 11.7. The number of thiophene rings is 1. The van der Waals surface area contributed by atoms with Crippen LogP contribution in [0.25, 0.3) is 0 Å². The van der Waals surface area contributed by atoms with Gasteiger partial charge in [-0.05, 0) is 37.8 Å². The summed E-state index contributed by atoms with van der Waals surface area (Å²) in [5, 5.41) is 27.2. The highest BCUT2D eigenvalue weighted by atomic mass is 35.5. The Labute approximate surface area is 187 Å². The molecule has 1 amide bonds. The first kappa shape index (κ1) is 23.2. The molecule has 1 unspecified atom stereocenters. The van der Waals surface area contributed by atoms with E-state index >= 15 is 0 Å². The van der Waals surface area contributed by atoms with Crippen LogP contribution < -0.4 is 10.0 Å². The van der Waals surface area contributed by atoms with Gasteiger partial charge in [0, 0.05) is 11.3 Å². The predicted molar refractivity (Wildman–Crippen MR) is 117 cm³/mol. The molecule has 9 nitrogen and oxygen atoms in total. The van der Waals surface area contributed by atoms with Crippen LogP contribution in [0.5, 0.6) is 0 Å². The number of anilines is 2. The molecule has 0 fully saturated rings. The number of hydrogen-bond acceptors (Lipinski definition) is 8. The highest BCUT2D eigenvalue weighted by Crippen LogP contribution is 2.32. The molecule has 0 aliphatic carbocycles. The quantitative estimate of drug-likeness (QED) is 0.401. The Morgan fingerprint density at radius 1 is 1.32 bits per heavy atom. The highest BCUT2D eigenvalue weighted by molar-refractivity contribution is 7.93. The van der Waals surface area contributed by atoms with Crippen LogP contribution in [-0.4, -0.2) is 36.3 Å². The second kappa shape index (κ2) is 8.97. The van der Waals surface area contributed by atoms with Crippen molar-refractivity contribution in [3.8, 4) is 0 Å². The number of rotatable bonds is 7. The fraction of sp³-hybridized carbons (Fsp3) is 0.263. The summed E-state index contributed by atoms with van der Waals surface area (Å²) in [6.45, 7) is 4.57. The normalized spacial score (nSPS) is 12.6. The number of hydrogen-bond donors (Lipinski definition) is 4. The predicted octanol–water partition coefficient (Wildman–Crippen LogP) is 3.39. The highest BCUT2D eigenvalue weighted by Gasteiger charge is 2.28. The molecule has 0 spiro atoms. The summed E-state index contributed by atoms with van der Waals surface area (Å²) in [6.07, 6.45) is -1.21. The monoisotopic (exact) mass is 485 g/mol. The fourth-order valence-corrected chi connectivity index (χ4v) is 5.47. The minimum absolute atomic E-state index is 0.0164. The Morgan fingerprint density at radius 2 is 2.03 bits per heavy atom. The molecule has 1 atom stereocenters. The van der Waals surface area contributed by atoms with E-state index in [2.05, 4.69) is 15.2 Å². The van der Waals surface area contributed by atoms with Crippen molar-refractivity contribution in [2.24, 2.45) is 0 Å². The number of sulfonamides is 1. The zero-order valence-electron chi connectivity index (χ0n) is 16.8. The first-order chi connectivity index (χ1) is 14.5. The van der Waals surface area contributed by atoms with Crippen molar-refractivity contribution < 1.29 is 27.9 Å². The van der Waals surface area contributed by atoms with E-state index in [4.69, 9.17) is 16.1 Å². The number of aromatic nitrogens is 1. The topological polar surface area (TPSA) is 142 Å². The molecule has 3 aromatic rings. The van der Waals surface area contributed by atoms with Gasteiger partial charge in [-0.3, -0.25) is 4.79 Å². The van der Waals surface area contributed by atoms with Gasteiger partial charge in [-0.25, -0.2) is 13.1 Å². The van der Waals surface area contributed by atoms with Crippen LogP contribution in [0.1, 0.15) is 38.2 Å². The lowest BCUT2D eigenvalue weighted by atomic mass is 10.00. The van der Waals surface area contributed by atoms with E-state index < -0.39 is 28.6 Å². The van der Waals surface area contributed by atoms with Gasteiger partial charge in [-0.1, -0.05) is 34.5 Å². The lowest BCUT2D eigenvalue weighted by Crippen LogP contribution is -2.20. The number of aliphatic hydroxyl groups is 2. The zero-order chi connectivity index (χ0) is 22.9. The van der Waals surface area contributed by atoms with Gasteiger partial charge in [0.15, 0.2) is 0 Å². The summed E-state index contributed by atoms with van der Waals surface area (Å²) in [4.78, 5) is 12.6. The third-order valence-corrected chi connectivity index (χ3v) is 7.28. The standard InChI is InChI=1S/C19H20ClN3O6S2/c1-9-6-10(2)16(12(7-9)13(25)8-24)21-18(26)17-14(4-5-30-17)31(27,28)23-19-15(20)11(3)22-29-19/h4-7,13,23-25H,8H2,1-3H3,(H,21,26). The molecule has 166 valence electrons.